The predicted octanol–water partition coefficient (Wildman–Crippen LogP) is 8.23. The SMILES string of the molecule is [2H]c1c2c(c([2H])c3c1nc1c4cnc(C(C)(C)C)cc4cc(C(C)(C)C)n13)C(C)(C)C(C)(C)C2(C)C. The highest BCUT2D eigenvalue weighted by Crippen LogP contribution is 2.62. The lowest BCUT2D eigenvalue weighted by Gasteiger charge is -2.44. The number of benzene rings is 1. The lowest BCUT2D eigenvalue weighted by molar-refractivity contribution is 0.125. The Morgan fingerprint density at radius 1 is 0.824 bits per heavy atom. The molecule has 0 spiro atoms. The summed E-state index contributed by atoms with van der Waals surface area (Å²) in [6.07, 6.45) is 1.93. The molecule has 34 heavy (non-hydrogen) atoms. The number of pyridine rings is 2. The van der Waals surface area contributed by atoms with Crippen LogP contribution in [0.2, 0.25) is 0 Å². The van der Waals surface area contributed by atoms with Crippen LogP contribution in [0.15, 0.2) is 30.4 Å². The van der Waals surface area contributed by atoms with Gasteiger partial charge in [0.1, 0.15) is 5.65 Å². The predicted molar refractivity (Wildman–Crippen MR) is 145 cm³/mol. The van der Waals surface area contributed by atoms with E-state index in [9.17, 15) is 2.74 Å². The van der Waals surface area contributed by atoms with Gasteiger partial charge in [-0.15, -0.1) is 0 Å². The number of rotatable bonds is 0. The molecule has 0 saturated heterocycles. The van der Waals surface area contributed by atoms with Gasteiger partial charge in [-0.05, 0) is 57.0 Å². The fraction of sp³-hybridized carbons (Fsp3) is 0.548. The number of fused-ring (bicyclic) bond motifs is 6. The fourth-order valence-corrected chi connectivity index (χ4v) is 5.69. The average molecular weight is 458 g/mol. The van der Waals surface area contributed by atoms with Crippen LogP contribution in [0, 0.1) is 5.41 Å². The van der Waals surface area contributed by atoms with Crippen molar-refractivity contribution in [1.82, 2.24) is 14.4 Å². The van der Waals surface area contributed by atoms with E-state index in [0.29, 0.717) is 17.6 Å². The van der Waals surface area contributed by atoms with Crippen molar-refractivity contribution in [1.29, 1.82) is 0 Å². The lowest BCUT2D eigenvalue weighted by Crippen LogP contribution is -2.42. The molecule has 0 atom stereocenters. The fourth-order valence-electron chi connectivity index (χ4n) is 5.69. The molecule has 1 aromatic carbocycles. The van der Waals surface area contributed by atoms with Gasteiger partial charge >= 0.3 is 0 Å². The van der Waals surface area contributed by atoms with Crippen LogP contribution in [-0.4, -0.2) is 14.4 Å². The maximum absolute atomic E-state index is 9.59. The van der Waals surface area contributed by atoms with E-state index in [2.05, 4.69) is 99.6 Å². The average Bonchev–Trinajstić information content (AvgIpc) is 3.18. The summed E-state index contributed by atoms with van der Waals surface area (Å²) >= 11 is 0. The van der Waals surface area contributed by atoms with Gasteiger partial charge in [-0.25, -0.2) is 4.98 Å². The van der Waals surface area contributed by atoms with Crippen LogP contribution in [0.4, 0.5) is 0 Å². The van der Waals surface area contributed by atoms with E-state index in [1.54, 1.807) is 0 Å². The van der Waals surface area contributed by atoms with Crippen LogP contribution in [0.25, 0.3) is 27.5 Å². The number of nitrogens with zero attached hydrogens (tertiary/aromatic N) is 3. The van der Waals surface area contributed by atoms with E-state index < -0.39 is 0 Å². The maximum Gasteiger partial charge on any atom is 0.147 e. The molecule has 0 bridgehead atoms. The quantitative estimate of drug-likeness (QED) is 0.266. The number of hydrogen-bond acceptors (Lipinski definition) is 2. The van der Waals surface area contributed by atoms with Crippen molar-refractivity contribution in [2.75, 3.05) is 0 Å². The zero-order valence-corrected chi connectivity index (χ0v) is 23.1. The molecule has 0 saturated carbocycles. The Bertz CT molecular complexity index is 1590. The first kappa shape index (κ1) is 20.9. The molecule has 180 valence electrons. The normalized spacial score (nSPS) is 20.1. The second kappa shape index (κ2) is 6.42. The van der Waals surface area contributed by atoms with Gasteiger partial charge in [-0.3, -0.25) is 9.38 Å². The summed E-state index contributed by atoms with van der Waals surface area (Å²) < 4.78 is 21.2. The molecule has 5 rings (SSSR count). The van der Waals surface area contributed by atoms with E-state index in [1.807, 2.05) is 6.20 Å². The minimum atomic E-state index is -0.265. The van der Waals surface area contributed by atoms with Crippen molar-refractivity contribution in [2.24, 2.45) is 5.41 Å². The molecule has 0 amide bonds. The molecule has 4 aromatic rings. The van der Waals surface area contributed by atoms with Crippen LogP contribution < -0.4 is 0 Å². The van der Waals surface area contributed by atoms with E-state index in [0.717, 1.165) is 44.5 Å². The minimum absolute atomic E-state index is 0.0597. The van der Waals surface area contributed by atoms with Crippen molar-refractivity contribution in [3.63, 3.8) is 0 Å². The minimum Gasteiger partial charge on any atom is -0.295 e. The summed E-state index contributed by atoms with van der Waals surface area (Å²) in [7, 11) is 0. The zero-order valence-electron chi connectivity index (χ0n) is 25.1. The van der Waals surface area contributed by atoms with Gasteiger partial charge in [0, 0.05) is 33.8 Å². The Balaban J connectivity index is 2.04. The molecular formula is C31H41N3. The first-order valence-corrected chi connectivity index (χ1v) is 12.5. The molecule has 3 heterocycles. The summed E-state index contributed by atoms with van der Waals surface area (Å²) in [4.78, 5) is 9.94. The lowest BCUT2D eigenvalue weighted by atomic mass is 9.59. The van der Waals surface area contributed by atoms with Crippen LogP contribution in [-0.2, 0) is 21.7 Å². The first-order chi connectivity index (χ1) is 16.2. The molecule has 3 nitrogen and oxygen atoms in total. The molecule has 0 N–H and O–H groups in total. The summed E-state index contributed by atoms with van der Waals surface area (Å²) in [5.41, 5.74) is 5.39. The molecule has 0 aliphatic heterocycles. The van der Waals surface area contributed by atoms with Crippen molar-refractivity contribution in [2.45, 2.75) is 105 Å². The standard InChI is InChI=1S/C31H41N3/c1-27(2,3)24-13-18-14-25(28(4,5)6)34-23-16-21-20(29(7,8)31(11,12)30(21,9)10)15-22(23)33-26(34)19(18)17-32-24/h13-17H,1-12H3/i15D,16D. The van der Waals surface area contributed by atoms with E-state index in [4.69, 9.17) is 9.97 Å². The van der Waals surface area contributed by atoms with Crippen molar-refractivity contribution >= 4 is 27.5 Å². The van der Waals surface area contributed by atoms with Crippen LogP contribution in [0.1, 0.15) is 108 Å². The van der Waals surface area contributed by atoms with Crippen molar-refractivity contribution in [3.05, 3.63) is 52.9 Å². The molecule has 0 unspecified atom stereocenters. The van der Waals surface area contributed by atoms with Gasteiger partial charge in [0.2, 0.25) is 0 Å². The molecule has 0 fully saturated rings. The molecule has 3 aromatic heterocycles. The first-order valence-electron chi connectivity index (χ1n) is 13.5. The summed E-state index contributed by atoms with van der Waals surface area (Å²) in [6, 6.07) is 5.41. The highest BCUT2D eigenvalue weighted by Gasteiger charge is 2.57. The number of imidazole rings is 1. The monoisotopic (exact) mass is 457 g/mol. The Kier molecular flexibility index (Phi) is 3.95. The summed E-state index contributed by atoms with van der Waals surface area (Å²) in [6.45, 7) is 26.7. The summed E-state index contributed by atoms with van der Waals surface area (Å²) in [5, 5.41) is 2.07. The van der Waals surface area contributed by atoms with Gasteiger partial charge in [-0.2, -0.15) is 0 Å². The van der Waals surface area contributed by atoms with Crippen molar-refractivity contribution in [3.8, 4) is 0 Å². The van der Waals surface area contributed by atoms with E-state index >= 15 is 0 Å². The Morgan fingerprint density at radius 2 is 1.41 bits per heavy atom. The van der Waals surface area contributed by atoms with Gasteiger partial charge in [0.05, 0.1) is 13.8 Å². The largest absolute Gasteiger partial charge is 0.295 e. The molecule has 0 radical (unpaired) electrons. The summed E-state index contributed by atoms with van der Waals surface area (Å²) in [5.74, 6) is 0. The van der Waals surface area contributed by atoms with Crippen molar-refractivity contribution < 1.29 is 2.74 Å². The van der Waals surface area contributed by atoms with E-state index in [-0.39, 0.29) is 27.1 Å². The molecule has 3 heteroatoms. The third-order valence-corrected chi connectivity index (χ3v) is 9.24. The highest BCUT2D eigenvalue weighted by molar-refractivity contribution is 5.99. The Hall–Kier alpha value is -2.42. The van der Waals surface area contributed by atoms with Gasteiger partial charge in [0.25, 0.3) is 0 Å². The second-order valence-corrected chi connectivity index (χ2v) is 14.0. The Morgan fingerprint density at radius 3 is 1.97 bits per heavy atom. The third-order valence-electron chi connectivity index (χ3n) is 9.24. The molecule has 1 aliphatic rings. The third kappa shape index (κ3) is 2.82. The molecular weight excluding hydrogens is 414 g/mol. The number of hydrogen-bond donors (Lipinski definition) is 0. The van der Waals surface area contributed by atoms with E-state index in [1.165, 1.54) is 0 Å². The molecule has 1 aliphatic carbocycles. The van der Waals surface area contributed by atoms with Gasteiger partial charge in [-0.1, -0.05) is 83.1 Å². The zero-order chi connectivity index (χ0) is 27.0. The van der Waals surface area contributed by atoms with Gasteiger partial charge < -0.3 is 0 Å². The topological polar surface area (TPSA) is 30.2 Å². The highest BCUT2D eigenvalue weighted by atomic mass is 15.0. The number of aromatic nitrogens is 3. The van der Waals surface area contributed by atoms with Crippen LogP contribution in [0.5, 0.6) is 0 Å². The smallest absolute Gasteiger partial charge is 0.147 e. The van der Waals surface area contributed by atoms with Gasteiger partial charge in [0.15, 0.2) is 0 Å². The Labute approximate surface area is 207 Å². The van der Waals surface area contributed by atoms with Crippen LogP contribution in [0.3, 0.4) is 0 Å². The second-order valence-electron chi connectivity index (χ2n) is 14.0. The van der Waals surface area contributed by atoms with Crippen LogP contribution >= 0.6 is 0 Å². The maximum atomic E-state index is 9.59.